The van der Waals surface area contributed by atoms with Crippen LogP contribution in [0.4, 0.5) is 0 Å². The Morgan fingerprint density at radius 1 is 0.879 bits per heavy atom. The maximum atomic E-state index is 13.5. The predicted molar refractivity (Wildman–Crippen MR) is 123 cm³/mol. The second-order valence-corrected chi connectivity index (χ2v) is 9.51. The fraction of sp³-hybridized carbons (Fsp3) is 0.174. The predicted octanol–water partition coefficient (Wildman–Crippen LogP) is 5.17. The average Bonchev–Trinajstić information content (AvgIpc) is 2.80. The van der Waals surface area contributed by atoms with Crippen molar-refractivity contribution in [1.29, 1.82) is 0 Å². The van der Waals surface area contributed by atoms with Crippen molar-refractivity contribution in [1.82, 2.24) is 0 Å². The third-order valence-electron chi connectivity index (χ3n) is 4.46. The van der Waals surface area contributed by atoms with Crippen LogP contribution in [0.3, 0.4) is 0 Å². The first kappa shape index (κ1) is 24.9. The number of esters is 1. The molecule has 0 aliphatic rings. The highest BCUT2D eigenvalue weighted by Crippen LogP contribution is 2.37. The maximum absolute atomic E-state index is 13.5. The van der Waals surface area contributed by atoms with Crippen molar-refractivity contribution in [3.8, 4) is 11.5 Å². The summed E-state index contributed by atoms with van der Waals surface area (Å²) in [6.07, 6.45) is 0. The summed E-state index contributed by atoms with van der Waals surface area (Å²) in [5, 5.41) is 0.252. The van der Waals surface area contributed by atoms with Gasteiger partial charge in [0.15, 0.2) is 18.3 Å². The Kier molecular flexibility index (Phi) is 8.20. The van der Waals surface area contributed by atoms with E-state index in [0.29, 0.717) is 0 Å². The lowest BCUT2D eigenvalue weighted by atomic mass is 10.2. The minimum absolute atomic E-state index is 0.0928. The fourth-order valence-corrected chi connectivity index (χ4v) is 5.09. The van der Waals surface area contributed by atoms with Crippen LogP contribution < -0.4 is 9.47 Å². The van der Waals surface area contributed by atoms with Gasteiger partial charge in [0.05, 0.1) is 22.5 Å². The lowest BCUT2D eigenvalue weighted by Crippen LogP contribution is -2.13. The van der Waals surface area contributed by atoms with Crippen LogP contribution in [0.1, 0.15) is 15.9 Å². The molecular weight excluding hydrogens is 491 g/mol. The molecule has 0 aliphatic carbocycles. The van der Waals surface area contributed by atoms with Gasteiger partial charge in [0.2, 0.25) is 9.84 Å². The van der Waals surface area contributed by atoms with Gasteiger partial charge in [0.25, 0.3) is 0 Å². The molecule has 0 aliphatic heterocycles. The van der Waals surface area contributed by atoms with Gasteiger partial charge in [-0.25, -0.2) is 13.2 Å². The van der Waals surface area contributed by atoms with Crippen molar-refractivity contribution in [2.45, 2.75) is 16.4 Å². The number of carbonyl (C=O) groups is 1. The van der Waals surface area contributed by atoms with Crippen molar-refractivity contribution < 1.29 is 32.2 Å². The first-order valence-corrected chi connectivity index (χ1v) is 11.8. The van der Waals surface area contributed by atoms with Gasteiger partial charge in [-0.05, 0) is 29.8 Å². The summed E-state index contributed by atoms with van der Waals surface area (Å²) < 4.78 is 48.1. The normalized spacial score (nSPS) is 11.2. The van der Waals surface area contributed by atoms with E-state index >= 15 is 0 Å². The maximum Gasteiger partial charge on any atom is 0.339 e. The molecule has 0 saturated heterocycles. The zero-order chi connectivity index (χ0) is 24.0. The number of ether oxygens (including phenoxy) is 4. The number of methoxy groups -OCH3 is 2. The Hall–Kier alpha value is -2.78. The number of halogens is 2. The second kappa shape index (κ2) is 10.9. The monoisotopic (exact) mass is 510 g/mol. The second-order valence-electron chi connectivity index (χ2n) is 6.72. The number of benzene rings is 3. The number of rotatable bonds is 9. The smallest absolute Gasteiger partial charge is 0.339 e. The molecule has 7 nitrogen and oxygen atoms in total. The first-order valence-electron chi connectivity index (χ1n) is 9.52. The number of hydrogen-bond acceptors (Lipinski definition) is 7. The molecule has 0 fully saturated rings. The summed E-state index contributed by atoms with van der Waals surface area (Å²) in [5.41, 5.74) is 0.602. The topological polar surface area (TPSA) is 88.1 Å². The summed E-state index contributed by atoms with van der Waals surface area (Å²) in [5.74, 6) is -0.676. The van der Waals surface area contributed by atoms with Crippen molar-refractivity contribution in [2.24, 2.45) is 0 Å². The van der Waals surface area contributed by atoms with E-state index in [1.807, 2.05) is 30.3 Å². The fourth-order valence-electron chi connectivity index (χ4n) is 2.93. The largest absolute Gasteiger partial charge is 0.485 e. The lowest BCUT2D eigenvalue weighted by Gasteiger charge is -2.17. The van der Waals surface area contributed by atoms with E-state index in [-0.39, 0.29) is 50.3 Å². The van der Waals surface area contributed by atoms with Gasteiger partial charge >= 0.3 is 5.97 Å². The van der Waals surface area contributed by atoms with Crippen LogP contribution in [-0.2, 0) is 25.9 Å². The molecule has 0 bridgehead atoms. The standard InChI is InChI=1S/C23H20Cl2O7S/c1-29-14-32-20-11-19(23(26)30-2)22(12-21(20)31-13-15-6-4-3-5-7-15)33(27,28)18-9-16(24)8-17(25)10-18/h3-12H,13-14H2,1-2H3. The molecule has 0 atom stereocenters. The summed E-state index contributed by atoms with van der Waals surface area (Å²) in [6.45, 7) is -0.0253. The molecule has 0 radical (unpaired) electrons. The third kappa shape index (κ3) is 5.97. The minimum atomic E-state index is -4.25. The van der Waals surface area contributed by atoms with Crippen LogP contribution in [-0.4, -0.2) is 35.4 Å². The number of carbonyl (C=O) groups excluding carboxylic acids is 1. The van der Waals surface area contributed by atoms with E-state index in [1.54, 1.807) is 0 Å². The summed E-state index contributed by atoms with van der Waals surface area (Å²) in [7, 11) is -1.68. The zero-order valence-corrected chi connectivity index (χ0v) is 20.0. The zero-order valence-electron chi connectivity index (χ0n) is 17.7. The van der Waals surface area contributed by atoms with Crippen LogP contribution in [0.15, 0.2) is 70.5 Å². The van der Waals surface area contributed by atoms with Crippen LogP contribution in [0.5, 0.6) is 11.5 Å². The van der Waals surface area contributed by atoms with E-state index < -0.39 is 15.8 Å². The third-order valence-corrected chi connectivity index (χ3v) is 6.67. The van der Waals surface area contributed by atoms with E-state index in [2.05, 4.69) is 0 Å². The van der Waals surface area contributed by atoms with Crippen LogP contribution in [0, 0.1) is 0 Å². The lowest BCUT2D eigenvalue weighted by molar-refractivity contribution is 0.0476. The molecule has 0 spiro atoms. The van der Waals surface area contributed by atoms with E-state index in [9.17, 15) is 13.2 Å². The molecule has 10 heteroatoms. The average molecular weight is 511 g/mol. The van der Waals surface area contributed by atoms with Gasteiger partial charge in [-0.2, -0.15) is 0 Å². The summed E-state index contributed by atoms with van der Waals surface area (Å²) in [6, 6.07) is 15.6. The molecule has 0 amide bonds. The van der Waals surface area contributed by atoms with Crippen LogP contribution in [0.25, 0.3) is 0 Å². The Morgan fingerprint density at radius 2 is 1.52 bits per heavy atom. The molecule has 0 saturated carbocycles. The Labute approximate surface area is 201 Å². The van der Waals surface area contributed by atoms with E-state index in [4.69, 9.17) is 42.1 Å². The Bertz CT molecular complexity index is 1220. The number of sulfone groups is 1. The molecule has 0 N–H and O–H groups in total. The van der Waals surface area contributed by atoms with E-state index in [0.717, 1.165) is 12.7 Å². The highest BCUT2D eigenvalue weighted by Gasteiger charge is 2.29. The van der Waals surface area contributed by atoms with Crippen LogP contribution >= 0.6 is 23.2 Å². The van der Waals surface area contributed by atoms with Gasteiger partial charge in [-0.15, -0.1) is 0 Å². The first-order chi connectivity index (χ1) is 15.8. The summed E-state index contributed by atoms with van der Waals surface area (Å²) in [4.78, 5) is 12.0. The van der Waals surface area contributed by atoms with Crippen molar-refractivity contribution in [3.63, 3.8) is 0 Å². The molecular formula is C23H20Cl2O7S. The Balaban J connectivity index is 2.16. The quantitative estimate of drug-likeness (QED) is 0.289. The van der Waals surface area contributed by atoms with Gasteiger partial charge in [-0.3, -0.25) is 0 Å². The Morgan fingerprint density at radius 3 is 2.12 bits per heavy atom. The van der Waals surface area contributed by atoms with Crippen molar-refractivity contribution in [3.05, 3.63) is 81.8 Å². The van der Waals surface area contributed by atoms with Gasteiger partial charge < -0.3 is 18.9 Å². The highest BCUT2D eigenvalue weighted by atomic mass is 35.5. The molecule has 0 aromatic heterocycles. The molecule has 0 heterocycles. The molecule has 33 heavy (non-hydrogen) atoms. The molecule has 3 aromatic rings. The summed E-state index contributed by atoms with van der Waals surface area (Å²) >= 11 is 12.0. The molecule has 3 rings (SSSR count). The number of hydrogen-bond donors (Lipinski definition) is 0. The molecule has 3 aromatic carbocycles. The molecule has 174 valence electrons. The van der Waals surface area contributed by atoms with Crippen molar-refractivity contribution in [2.75, 3.05) is 21.0 Å². The minimum Gasteiger partial charge on any atom is -0.485 e. The van der Waals surface area contributed by atoms with Crippen molar-refractivity contribution >= 4 is 39.0 Å². The van der Waals surface area contributed by atoms with Gasteiger partial charge in [0, 0.05) is 23.2 Å². The van der Waals surface area contributed by atoms with Crippen LogP contribution in [0.2, 0.25) is 10.0 Å². The van der Waals surface area contributed by atoms with E-state index in [1.165, 1.54) is 37.4 Å². The molecule has 0 unspecified atom stereocenters. The SMILES string of the molecule is COCOc1cc(C(=O)OC)c(S(=O)(=O)c2cc(Cl)cc(Cl)c2)cc1OCc1ccccc1. The van der Waals surface area contributed by atoms with Gasteiger partial charge in [-0.1, -0.05) is 53.5 Å². The van der Waals surface area contributed by atoms with Gasteiger partial charge in [0.1, 0.15) is 6.61 Å². The highest BCUT2D eigenvalue weighted by molar-refractivity contribution is 7.91.